The van der Waals surface area contributed by atoms with Crippen LogP contribution in [0.4, 0.5) is 0 Å². The van der Waals surface area contributed by atoms with Gasteiger partial charge in [-0.05, 0) is 24.6 Å². The number of nitrogens with zero attached hydrogens (tertiary/aromatic N) is 3. The Morgan fingerprint density at radius 3 is 2.38 bits per heavy atom. The topological polar surface area (TPSA) is 75.2 Å². The number of carbonyl (C=O) groups excluding carboxylic acids is 1. The number of hydrogen-bond donors (Lipinski definition) is 0. The van der Waals surface area contributed by atoms with E-state index in [0.717, 1.165) is 14.6 Å². The zero-order chi connectivity index (χ0) is 19.0. The molecule has 0 saturated carbocycles. The summed E-state index contributed by atoms with van der Waals surface area (Å²) in [4.78, 5) is 37.1. The molecule has 8 heteroatoms. The van der Waals surface area contributed by atoms with E-state index in [1.807, 2.05) is 24.3 Å². The van der Waals surface area contributed by atoms with Crippen LogP contribution >= 0.6 is 15.9 Å². The van der Waals surface area contributed by atoms with E-state index >= 15 is 0 Å². The molecule has 0 aliphatic rings. The van der Waals surface area contributed by atoms with Crippen LogP contribution in [0.25, 0.3) is 22.2 Å². The number of halogens is 1. The van der Waals surface area contributed by atoms with Crippen LogP contribution < -0.4 is 11.2 Å². The molecule has 3 aromatic rings. The fraction of sp³-hybridized carbons (Fsp3) is 0.278. The van der Waals surface area contributed by atoms with Gasteiger partial charge in [-0.2, -0.15) is 0 Å². The number of fused-ring (bicyclic) bond motifs is 1. The lowest BCUT2D eigenvalue weighted by atomic mass is 10.1. The largest absolute Gasteiger partial charge is 0.465 e. The Kier molecular flexibility index (Phi) is 4.86. The summed E-state index contributed by atoms with van der Waals surface area (Å²) >= 11 is 3.39. The quantitative estimate of drug-likeness (QED) is 0.606. The van der Waals surface area contributed by atoms with E-state index in [9.17, 15) is 14.4 Å². The van der Waals surface area contributed by atoms with Crippen LogP contribution in [0.1, 0.15) is 6.92 Å². The molecule has 7 nitrogen and oxygen atoms in total. The Bertz CT molecular complexity index is 1110. The average Bonchev–Trinajstić information content (AvgIpc) is 2.98. The number of aromatic nitrogens is 3. The molecule has 0 spiro atoms. The van der Waals surface area contributed by atoms with Gasteiger partial charge in [0.2, 0.25) is 0 Å². The smallest absolute Gasteiger partial charge is 0.330 e. The van der Waals surface area contributed by atoms with Crippen molar-refractivity contribution in [1.82, 2.24) is 13.7 Å². The molecule has 2 heterocycles. The first kappa shape index (κ1) is 18.2. The Morgan fingerprint density at radius 2 is 1.77 bits per heavy atom. The van der Waals surface area contributed by atoms with E-state index < -0.39 is 17.2 Å². The van der Waals surface area contributed by atoms with Gasteiger partial charge in [0.05, 0.1) is 23.2 Å². The van der Waals surface area contributed by atoms with E-state index in [4.69, 9.17) is 4.74 Å². The monoisotopic (exact) mass is 419 g/mol. The highest BCUT2D eigenvalue weighted by molar-refractivity contribution is 9.10. The maximum Gasteiger partial charge on any atom is 0.330 e. The van der Waals surface area contributed by atoms with Crippen LogP contribution in [-0.2, 0) is 30.2 Å². The van der Waals surface area contributed by atoms with Crippen molar-refractivity contribution in [2.45, 2.75) is 13.5 Å². The van der Waals surface area contributed by atoms with Crippen LogP contribution in [0.2, 0.25) is 0 Å². The van der Waals surface area contributed by atoms with Gasteiger partial charge in [-0.25, -0.2) is 4.79 Å². The summed E-state index contributed by atoms with van der Waals surface area (Å²) in [6.07, 6.45) is 1.65. The van der Waals surface area contributed by atoms with Gasteiger partial charge in [-0.15, -0.1) is 0 Å². The number of esters is 1. The van der Waals surface area contributed by atoms with Gasteiger partial charge < -0.3 is 9.30 Å². The molecule has 136 valence electrons. The zero-order valence-electron chi connectivity index (χ0n) is 14.7. The van der Waals surface area contributed by atoms with Crippen molar-refractivity contribution in [1.29, 1.82) is 0 Å². The van der Waals surface area contributed by atoms with E-state index in [2.05, 4.69) is 15.9 Å². The predicted octanol–water partition coefficient (Wildman–Crippen LogP) is 2.03. The third-order valence-electron chi connectivity index (χ3n) is 4.23. The summed E-state index contributed by atoms with van der Waals surface area (Å²) in [5.74, 6) is -0.409. The van der Waals surface area contributed by atoms with Crippen molar-refractivity contribution < 1.29 is 9.53 Å². The molecule has 0 unspecified atom stereocenters. The Hall–Kier alpha value is -2.61. The van der Waals surface area contributed by atoms with Crippen molar-refractivity contribution in [3.8, 4) is 11.3 Å². The summed E-state index contributed by atoms with van der Waals surface area (Å²) in [7, 11) is 3.04. The minimum Gasteiger partial charge on any atom is -0.465 e. The summed E-state index contributed by atoms with van der Waals surface area (Å²) in [6, 6.07) is 7.42. The van der Waals surface area contributed by atoms with Crippen molar-refractivity contribution in [3.05, 3.63) is 55.8 Å². The molecule has 0 atom stereocenters. The SMILES string of the molecule is CCOC(=O)Cn1cc2c(c1-c1ccc(Br)cc1)c(=O)n(C)c(=O)n2C. The maximum atomic E-state index is 12.8. The molecule has 0 saturated heterocycles. The second kappa shape index (κ2) is 6.95. The summed E-state index contributed by atoms with van der Waals surface area (Å²) in [5.41, 5.74) is 1.00. The highest BCUT2D eigenvalue weighted by atomic mass is 79.9. The molecule has 0 bridgehead atoms. The molecule has 0 radical (unpaired) electrons. The van der Waals surface area contributed by atoms with Crippen molar-refractivity contribution in [2.75, 3.05) is 6.61 Å². The van der Waals surface area contributed by atoms with Crippen molar-refractivity contribution in [2.24, 2.45) is 14.1 Å². The van der Waals surface area contributed by atoms with Crippen LogP contribution in [0.3, 0.4) is 0 Å². The summed E-state index contributed by atoms with van der Waals surface area (Å²) in [6.45, 7) is 1.96. The normalized spacial score (nSPS) is 11.1. The standard InChI is InChI=1S/C18H18BrN3O4/c1-4-26-14(23)10-22-9-13-15(17(24)21(3)18(25)20(13)2)16(22)11-5-7-12(19)8-6-11/h5-9H,4,10H2,1-3H3. The van der Waals surface area contributed by atoms with E-state index in [1.54, 1.807) is 24.7 Å². The molecular weight excluding hydrogens is 402 g/mol. The first-order valence-corrected chi connectivity index (χ1v) is 8.84. The average molecular weight is 420 g/mol. The van der Waals surface area contributed by atoms with E-state index in [-0.39, 0.29) is 13.2 Å². The molecule has 2 aromatic heterocycles. The second-order valence-electron chi connectivity index (χ2n) is 5.88. The van der Waals surface area contributed by atoms with Crippen LogP contribution in [-0.4, -0.2) is 26.3 Å². The van der Waals surface area contributed by atoms with E-state index in [0.29, 0.717) is 16.6 Å². The van der Waals surface area contributed by atoms with Crippen LogP contribution in [0.5, 0.6) is 0 Å². The molecule has 0 amide bonds. The zero-order valence-corrected chi connectivity index (χ0v) is 16.2. The molecule has 1 aromatic carbocycles. The van der Waals surface area contributed by atoms with Gasteiger partial charge in [0, 0.05) is 24.8 Å². The lowest BCUT2D eigenvalue weighted by molar-refractivity contribution is -0.143. The van der Waals surface area contributed by atoms with Crippen LogP contribution in [0, 0.1) is 0 Å². The lowest BCUT2D eigenvalue weighted by Gasteiger charge is -2.09. The van der Waals surface area contributed by atoms with Gasteiger partial charge >= 0.3 is 11.7 Å². The lowest BCUT2D eigenvalue weighted by Crippen LogP contribution is -2.36. The molecule has 3 rings (SSSR count). The first-order chi connectivity index (χ1) is 12.3. The highest BCUT2D eigenvalue weighted by Gasteiger charge is 2.20. The van der Waals surface area contributed by atoms with Gasteiger partial charge in [-0.1, -0.05) is 28.1 Å². The van der Waals surface area contributed by atoms with Gasteiger partial charge in [0.15, 0.2) is 0 Å². The van der Waals surface area contributed by atoms with Crippen LogP contribution in [0.15, 0.2) is 44.5 Å². The third kappa shape index (κ3) is 3.01. The molecular formula is C18H18BrN3O4. The van der Waals surface area contributed by atoms with Gasteiger partial charge in [-0.3, -0.25) is 18.7 Å². The molecule has 0 fully saturated rings. The predicted molar refractivity (Wildman–Crippen MR) is 102 cm³/mol. The molecule has 26 heavy (non-hydrogen) atoms. The first-order valence-electron chi connectivity index (χ1n) is 8.05. The van der Waals surface area contributed by atoms with Crippen molar-refractivity contribution in [3.63, 3.8) is 0 Å². The Labute approximate surface area is 157 Å². The molecule has 0 N–H and O–H groups in total. The fourth-order valence-electron chi connectivity index (χ4n) is 2.98. The minimum absolute atomic E-state index is 0.0503. The minimum atomic E-state index is -0.418. The van der Waals surface area contributed by atoms with Crippen molar-refractivity contribution >= 4 is 32.8 Å². The number of rotatable bonds is 4. The number of carbonyl (C=O) groups is 1. The Balaban J connectivity index is 2.37. The number of aryl methyl sites for hydroxylation is 1. The maximum absolute atomic E-state index is 12.8. The number of ether oxygens (including phenoxy) is 1. The number of benzene rings is 1. The Morgan fingerprint density at radius 1 is 1.12 bits per heavy atom. The van der Waals surface area contributed by atoms with Gasteiger partial charge in [0.25, 0.3) is 5.56 Å². The summed E-state index contributed by atoms with van der Waals surface area (Å²) in [5, 5.41) is 0.390. The highest BCUT2D eigenvalue weighted by Crippen LogP contribution is 2.29. The van der Waals surface area contributed by atoms with E-state index in [1.165, 1.54) is 11.6 Å². The molecule has 0 aliphatic carbocycles. The second-order valence-corrected chi connectivity index (χ2v) is 6.80. The number of hydrogen-bond acceptors (Lipinski definition) is 4. The summed E-state index contributed by atoms with van der Waals surface area (Å²) < 4.78 is 10.1. The fourth-order valence-corrected chi connectivity index (χ4v) is 3.24. The third-order valence-corrected chi connectivity index (χ3v) is 4.76. The molecule has 0 aliphatic heterocycles. The van der Waals surface area contributed by atoms with Gasteiger partial charge in [0.1, 0.15) is 6.54 Å².